The number of nitrogens with one attached hydrogen (secondary N) is 1. The Morgan fingerprint density at radius 1 is 1.00 bits per heavy atom. The standard InChI is InChI=1S/C19H16Cl3FN2O2/c20-13-5-4-11(10-15(13)22)19(27)25-8-6-12(7-9-25)24-18(26)17-14(21)2-1-3-16(17)23/h1-5,10,12H,6-9H2,(H,24,26). The van der Waals surface area contributed by atoms with Gasteiger partial charge in [0, 0.05) is 24.7 Å². The zero-order valence-electron chi connectivity index (χ0n) is 14.1. The molecule has 1 aliphatic heterocycles. The number of halogens is 4. The molecule has 0 atom stereocenters. The summed E-state index contributed by atoms with van der Waals surface area (Å²) < 4.78 is 13.9. The van der Waals surface area contributed by atoms with Crippen LogP contribution in [-0.4, -0.2) is 35.8 Å². The maximum atomic E-state index is 13.9. The van der Waals surface area contributed by atoms with E-state index in [1.807, 2.05) is 0 Å². The zero-order chi connectivity index (χ0) is 19.6. The van der Waals surface area contributed by atoms with Crippen LogP contribution in [-0.2, 0) is 0 Å². The fraction of sp³-hybridized carbons (Fsp3) is 0.263. The van der Waals surface area contributed by atoms with Gasteiger partial charge in [0.15, 0.2) is 0 Å². The van der Waals surface area contributed by atoms with Crippen LogP contribution in [0.1, 0.15) is 33.6 Å². The summed E-state index contributed by atoms with van der Waals surface area (Å²) in [4.78, 5) is 26.6. The summed E-state index contributed by atoms with van der Waals surface area (Å²) in [6.45, 7) is 0.935. The predicted octanol–water partition coefficient (Wildman–Crippen LogP) is 4.82. The summed E-state index contributed by atoms with van der Waals surface area (Å²) in [5.41, 5.74) is 0.304. The molecule has 1 aliphatic rings. The van der Waals surface area contributed by atoms with Gasteiger partial charge >= 0.3 is 0 Å². The van der Waals surface area contributed by atoms with Gasteiger partial charge < -0.3 is 10.2 Å². The van der Waals surface area contributed by atoms with Gasteiger partial charge in [-0.25, -0.2) is 4.39 Å². The Hall–Kier alpha value is -1.82. The minimum absolute atomic E-state index is 0.0692. The van der Waals surface area contributed by atoms with Crippen molar-refractivity contribution < 1.29 is 14.0 Å². The fourth-order valence-electron chi connectivity index (χ4n) is 3.01. The van der Waals surface area contributed by atoms with Crippen LogP contribution in [0.2, 0.25) is 15.1 Å². The van der Waals surface area contributed by atoms with Crippen molar-refractivity contribution in [3.8, 4) is 0 Å². The quantitative estimate of drug-likeness (QED) is 0.760. The maximum Gasteiger partial charge on any atom is 0.255 e. The third kappa shape index (κ3) is 4.54. The molecule has 0 spiro atoms. The van der Waals surface area contributed by atoms with Gasteiger partial charge in [-0.1, -0.05) is 40.9 Å². The van der Waals surface area contributed by atoms with Crippen molar-refractivity contribution in [1.29, 1.82) is 0 Å². The lowest BCUT2D eigenvalue weighted by atomic mass is 10.0. The first-order valence-electron chi connectivity index (χ1n) is 8.36. The van der Waals surface area contributed by atoms with Crippen molar-refractivity contribution in [2.45, 2.75) is 18.9 Å². The smallest absolute Gasteiger partial charge is 0.255 e. The van der Waals surface area contributed by atoms with Crippen molar-refractivity contribution in [1.82, 2.24) is 10.2 Å². The number of piperidine rings is 1. The van der Waals surface area contributed by atoms with E-state index in [1.165, 1.54) is 18.2 Å². The molecular formula is C19H16Cl3FN2O2. The van der Waals surface area contributed by atoms with Crippen molar-refractivity contribution in [2.75, 3.05) is 13.1 Å². The summed E-state index contributed by atoms with van der Waals surface area (Å²) in [7, 11) is 0. The first kappa shape index (κ1) is 19.9. The van der Waals surface area contributed by atoms with E-state index in [9.17, 15) is 14.0 Å². The molecule has 0 aliphatic carbocycles. The Morgan fingerprint density at radius 3 is 2.33 bits per heavy atom. The fourth-order valence-corrected chi connectivity index (χ4v) is 3.56. The predicted molar refractivity (Wildman–Crippen MR) is 104 cm³/mol. The molecule has 2 aromatic rings. The second kappa shape index (κ2) is 8.46. The zero-order valence-corrected chi connectivity index (χ0v) is 16.4. The molecular weight excluding hydrogens is 414 g/mol. The first-order valence-corrected chi connectivity index (χ1v) is 9.49. The van der Waals surface area contributed by atoms with Gasteiger partial charge in [0.05, 0.1) is 20.6 Å². The van der Waals surface area contributed by atoms with Gasteiger partial charge in [0.1, 0.15) is 5.82 Å². The number of carbonyl (C=O) groups is 2. The number of nitrogens with zero attached hydrogens (tertiary/aromatic N) is 1. The lowest BCUT2D eigenvalue weighted by molar-refractivity contribution is 0.0698. The normalized spacial score (nSPS) is 14.9. The number of hydrogen-bond acceptors (Lipinski definition) is 2. The van der Waals surface area contributed by atoms with Crippen molar-refractivity contribution >= 4 is 46.6 Å². The van der Waals surface area contributed by atoms with Crippen LogP contribution in [0.4, 0.5) is 4.39 Å². The highest BCUT2D eigenvalue weighted by atomic mass is 35.5. The molecule has 0 unspecified atom stereocenters. The highest BCUT2D eigenvalue weighted by molar-refractivity contribution is 6.42. The Bertz CT molecular complexity index is 863. The molecule has 8 heteroatoms. The number of hydrogen-bond donors (Lipinski definition) is 1. The van der Waals surface area contributed by atoms with E-state index in [0.29, 0.717) is 41.5 Å². The van der Waals surface area contributed by atoms with Crippen LogP contribution in [0.25, 0.3) is 0 Å². The maximum absolute atomic E-state index is 13.9. The Kier molecular flexibility index (Phi) is 6.25. The van der Waals surface area contributed by atoms with Crippen LogP contribution in [0, 0.1) is 5.82 Å². The molecule has 1 N–H and O–H groups in total. The van der Waals surface area contributed by atoms with Crippen molar-refractivity contribution in [3.05, 3.63) is 68.4 Å². The van der Waals surface area contributed by atoms with Crippen LogP contribution >= 0.6 is 34.8 Å². The monoisotopic (exact) mass is 428 g/mol. The van der Waals surface area contributed by atoms with E-state index >= 15 is 0 Å². The van der Waals surface area contributed by atoms with E-state index < -0.39 is 11.7 Å². The Morgan fingerprint density at radius 2 is 1.70 bits per heavy atom. The lowest BCUT2D eigenvalue weighted by Crippen LogP contribution is -2.46. The van der Waals surface area contributed by atoms with Gasteiger partial charge in [0.2, 0.25) is 0 Å². The Balaban J connectivity index is 1.59. The van der Waals surface area contributed by atoms with E-state index in [4.69, 9.17) is 34.8 Å². The molecule has 1 fully saturated rings. The van der Waals surface area contributed by atoms with Crippen LogP contribution < -0.4 is 5.32 Å². The highest BCUT2D eigenvalue weighted by Crippen LogP contribution is 2.24. The molecule has 27 heavy (non-hydrogen) atoms. The molecule has 1 saturated heterocycles. The molecule has 2 amide bonds. The van der Waals surface area contributed by atoms with E-state index in [0.717, 1.165) is 0 Å². The summed E-state index contributed by atoms with van der Waals surface area (Å²) >= 11 is 17.8. The minimum atomic E-state index is -0.660. The summed E-state index contributed by atoms with van der Waals surface area (Å²) in [6, 6.07) is 8.71. The topological polar surface area (TPSA) is 49.4 Å². The third-order valence-corrected chi connectivity index (χ3v) is 5.53. The van der Waals surface area contributed by atoms with Crippen LogP contribution in [0.15, 0.2) is 36.4 Å². The first-order chi connectivity index (χ1) is 12.9. The van der Waals surface area contributed by atoms with Gasteiger partial charge in [-0.15, -0.1) is 0 Å². The van der Waals surface area contributed by atoms with Crippen LogP contribution in [0.5, 0.6) is 0 Å². The van der Waals surface area contributed by atoms with Crippen molar-refractivity contribution in [3.63, 3.8) is 0 Å². The molecule has 4 nitrogen and oxygen atoms in total. The SMILES string of the molecule is O=C(NC1CCN(C(=O)c2ccc(Cl)c(Cl)c2)CC1)c1c(F)cccc1Cl. The van der Waals surface area contributed by atoms with Gasteiger partial charge in [-0.05, 0) is 43.2 Å². The number of rotatable bonds is 3. The highest BCUT2D eigenvalue weighted by Gasteiger charge is 2.26. The molecule has 0 saturated carbocycles. The van der Waals surface area contributed by atoms with E-state index in [2.05, 4.69) is 5.32 Å². The summed E-state index contributed by atoms with van der Waals surface area (Å²) in [5, 5.41) is 3.58. The van der Waals surface area contributed by atoms with Gasteiger partial charge in [0.25, 0.3) is 11.8 Å². The minimum Gasteiger partial charge on any atom is -0.349 e. The summed E-state index contributed by atoms with van der Waals surface area (Å²) in [5.74, 6) is -1.35. The molecule has 0 radical (unpaired) electrons. The largest absolute Gasteiger partial charge is 0.349 e. The molecule has 142 valence electrons. The third-order valence-electron chi connectivity index (χ3n) is 4.47. The van der Waals surface area contributed by atoms with E-state index in [1.54, 1.807) is 23.1 Å². The average molecular weight is 430 g/mol. The lowest BCUT2D eigenvalue weighted by Gasteiger charge is -2.32. The Labute approximate surface area is 171 Å². The average Bonchev–Trinajstić information content (AvgIpc) is 2.64. The molecule has 2 aromatic carbocycles. The number of amides is 2. The molecule has 0 bridgehead atoms. The molecule has 0 aromatic heterocycles. The van der Waals surface area contributed by atoms with Crippen LogP contribution in [0.3, 0.4) is 0 Å². The van der Waals surface area contributed by atoms with Crippen molar-refractivity contribution in [2.24, 2.45) is 0 Å². The summed E-state index contributed by atoms with van der Waals surface area (Å²) in [6.07, 6.45) is 1.12. The second-order valence-electron chi connectivity index (χ2n) is 6.27. The number of carbonyl (C=O) groups excluding carboxylic acids is 2. The second-order valence-corrected chi connectivity index (χ2v) is 7.49. The molecule has 1 heterocycles. The van der Waals surface area contributed by atoms with Gasteiger partial charge in [-0.2, -0.15) is 0 Å². The molecule has 3 rings (SSSR count). The van der Waals surface area contributed by atoms with Gasteiger partial charge in [-0.3, -0.25) is 9.59 Å². The number of benzene rings is 2. The van der Waals surface area contributed by atoms with E-state index in [-0.39, 0.29) is 22.5 Å². The number of likely N-dealkylation sites (tertiary alicyclic amines) is 1.